The number of carboxylic acid groups (broad SMARTS) is 1. The van der Waals surface area contributed by atoms with E-state index in [0.717, 1.165) is 12.8 Å². The highest BCUT2D eigenvalue weighted by atomic mass is 16.4. The fourth-order valence-corrected chi connectivity index (χ4v) is 1.24. The average molecular weight is 195 g/mol. The molecular weight excluding hydrogens is 182 g/mol. The van der Waals surface area contributed by atoms with Crippen LogP contribution < -0.4 is 5.43 Å². The Bertz CT molecular complexity index is 381. The van der Waals surface area contributed by atoms with Crippen LogP contribution in [-0.4, -0.2) is 16.1 Å². The number of aromatic amines is 1. The van der Waals surface area contributed by atoms with Crippen molar-refractivity contribution in [2.45, 2.75) is 26.2 Å². The molecular formula is C10H13NO3. The van der Waals surface area contributed by atoms with E-state index in [9.17, 15) is 9.59 Å². The van der Waals surface area contributed by atoms with Crippen molar-refractivity contribution in [2.24, 2.45) is 0 Å². The van der Waals surface area contributed by atoms with Gasteiger partial charge in [-0.25, -0.2) is 4.79 Å². The van der Waals surface area contributed by atoms with Gasteiger partial charge in [-0.3, -0.25) is 4.79 Å². The van der Waals surface area contributed by atoms with Crippen LogP contribution in [0.25, 0.3) is 0 Å². The lowest BCUT2D eigenvalue weighted by Gasteiger charge is -1.99. The number of aromatic nitrogens is 1. The van der Waals surface area contributed by atoms with Crippen LogP contribution in [0.4, 0.5) is 0 Å². The van der Waals surface area contributed by atoms with Crippen molar-refractivity contribution in [1.29, 1.82) is 0 Å². The lowest BCUT2D eigenvalue weighted by atomic mass is 10.1. The monoisotopic (exact) mass is 195 g/mol. The van der Waals surface area contributed by atoms with E-state index in [2.05, 4.69) is 4.98 Å². The quantitative estimate of drug-likeness (QED) is 0.763. The molecule has 0 aliphatic carbocycles. The molecule has 14 heavy (non-hydrogen) atoms. The number of carboxylic acids is 1. The molecule has 0 aliphatic rings. The Balaban J connectivity index is 3.02. The van der Waals surface area contributed by atoms with E-state index in [1.165, 1.54) is 6.20 Å². The van der Waals surface area contributed by atoms with Crippen LogP contribution in [0, 0.1) is 0 Å². The summed E-state index contributed by atoms with van der Waals surface area (Å²) in [6.07, 6.45) is 5.31. The molecule has 0 bridgehead atoms. The first-order valence-electron chi connectivity index (χ1n) is 4.60. The standard InChI is InChI=1S/C10H13NO3/c1-2-3-4-7-5-11-6-8(9(7)12)10(13)14/h5-6H,2-4H2,1H3,(H,11,12)(H,13,14). The maximum absolute atomic E-state index is 11.5. The fraction of sp³-hybridized carbons (Fsp3) is 0.400. The summed E-state index contributed by atoms with van der Waals surface area (Å²) in [5.41, 5.74) is -0.00458. The van der Waals surface area contributed by atoms with E-state index in [1.807, 2.05) is 6.92 Å². The molecule has 0 aliphatic heterocycles. The van der Waals surface area contributed by atoms with E-state index >= 15 is 0 Å². The molecule has 1 aromatic rings. The molecule has 0 aromatic carbocycles. The van der Waals surface area contributed by atoms with Gasteiger partial charge in [-0.1, -0.05) is 13.3 Å². The van der Waals surface area contributed by atoms with Gasteiger partial charge in [0.05, 0.1) is 0 Å². The first-order valence-corrected chi connectivity index (χ1v) is 4.60. The SMILES string of the molecule is CCCCc1c[nH]cc(C(=O)O)c1=O. The Morgan fingerprint density at radius 3 is 2.79 bits per heavy atom. The summed E-state index contributed by atoms with van der Waals surface area (Å²) < 4.78 is 0. The topological polar surface area (TPSA) is 70.2 Å². The first kappa shape index (κ1) is 10.5. The summed E-state index contributed by atoms with van der Waals surface area (Å²) in [7, 11) is 0. The van der Waals surface area contributed by atoms with Crippen molar-refractivity contribution in [1.82, 2.24) is 4.98 Å². The maximum atomic E-state index is 11.5. The van der Waals surface area contributed by atoms with Gasteiger partial charge in [0, 0.05) is 18.0 Å². The van der Waals surface area contributed by atoms with Gasteiger partial charge in [-0.05, 0) is 12.8 Å². The van der Waals surface area contributed by atoms with Crippen molar-refractivity contribution in [2.75, 3.05) is 0 Å². The van der Waals surface area contributed by atoms with Gasteiger partial charge in [-0.2, -0.15) is 0 Å². The number of carbonyl (C=O) groups is 1. The summed E-state index contributed by atoms with van der Waals surface area (Å²) in [6.45, 7) is 2.02. The molecule has 76 valence electrons. The van der Waals surface area contributed by atoms with Crippen LogP contribution in [0.5, 0.6) is 0 Å². The van der Waals surface area contributed by atoms with Crippen LogP contribution >= 0.6 is 0 Å². The molecule has 0 saturated heterocycles. The Hall–Kier alpha value is -1.58. The van der Waals surface area contributed by atoms with Gasteiger partial charge in [0.15, 0.2) is 5.43 Å². The Kier molecular flexibility index (Phi) is 3.45. The molecule has 0 amide bonds. The Labute approximate surface area is 81.6 Å². The minimum Gasteiger partial charge on any atom is -0.477 e. The smallest absolute Gasteiger partial charge is 0.341 e. The van der Waals surface area contributed by atoms with Crippen LogP contribution in [0.15, 0.2) is 17.2 Å². The number of aryl methyl sites for hydroxylation is 1. The number of hydrogen-bond donors (Lipinski definition) is 2. The van der Waals surface area contributed by atoms with Crippen molar-refractivity contribution in [3.63, 3.8) is 0 Å². The highest BCUT2D eigenvalue weighted by Crippen LogP contribution is 2.00. The van der Waals surface area contributed by atoms with Gasteiger partial charge in [-0.15, -0.1) is 0 Å². The van der Waals surface area contributed by atoms with Gasteiger partial charge in [0.2, 0.25) is 0 Å². The molecule has 0 unspecified atom stereocenters. The van der Waals surface area contributed by atoms with Crippen LogP contribution in [0.1, 0.15) is 35.7 Å². The third-order valence-electron chi connectivity index (χ3n) is 2.05. The summed E-state index contributed by atoms with van der Waals surface area (Å²) in [4.78, 5) is 24.8. The van der Waals surface area contributed by atoms with Crippen molar-refractivity contribution in [3.05, 3.63) is 33.7 Å². The zero-order valence-corrected chi connectivity index (χ0v) is 8.04. The number of unbranched alkanes of at least 4 members (excludes halogenated alkanes) is 1. The minimum atomic E-state index is -1.18. The zero-order valence-electron chi connectivity index (χ0n) is 8.04. The minimum absolute atomic E-state index is 0.182. The second-order valence-corrected chi connectivity index (χ2v) is 3.13. The molecule has 0 atom stereocenters. The maximum Gasteiger partial charge on any atom is 0.341 e. The van der Waals surface area contributed by atoms with Gasteiger partial charge >= 0.3 is 5.97 Å². The van der Waals surface area contributed by atoms with Crippen molar-refractivity contribution in [3.8, 4) is 0 Å². The van der Waals surface area contributed by atoms with Crippen LogP contribution in [0.2, 0.25) is 0 Å². The second-order valence-electron chi connectivity index (χ2n) is 3.13. The van der Waals surface area contributed by atoms with Crippen molar-refractivity contribution >= 4 is 5.97 Å². The first-order chi connectivity index (χ1) is 6.66. The van der Waals surface area contributed by atoms with Crippen molar-refractivity contribution < 1.29 is 9.90 Å². The number of hydrogen-bond acceptors (Lipinski definition) is 2. The molecule has 4 heteroatoms. The Morgan fingerprint density at radius 2 is 2.21 bits per heavy atom. The lowest BCUT2D eigenvalue weighted by Crippen LogP contribution is -2.18. The highest BCUT2D eigenvalue weighted by Gasteiger charge is 2.10. The molecule has 0 saturated carbocycles. The van der Waals surface area contributed by atoms with Gasteiger partial charge in [0.25, 0.3) is 0 Å². The molecule has 1 heterocycles. The fourth-order valence-electron chi connectivity index (χ4n) is 1.24. The number of rotatable bonds is 4. The second kappa shape index (κ2) is 4.60. The summed E-state index contributed by atoms with van der Waals surface area (Å²) >= 11 is 0. The van der Waals surface area contributed by atoms with Crippen LogP contribution in [0.3, 0.4) is 0 Å². The van der Waals surface area contributed by atoms with E-state index in [-0.39, 0.29) is 11.0 Å². The molecule has 0 fully saturated rings. The summed E-state index contributed by atoms with van der Waals surface area (Å²) in [6, 6.07) is 0. The molecule has 0 spiro atoms. The van der Waals surface area contributed by atoms with Crippen LogP contribution in [-0.2, 0) is 6.42 Å². The van der Waals surface area contributed by atoms with Gasteiger partial charge < -0.3 is 10.1 Å². The van der Waals surface area contributed by atoms with E-state index in [1.54, 1.807) is 6.20 Å². The largest absolute Gasteiger partial charge is 0.477 e. The number of H-pyrrole nitrogens is 1. The molecule has 2 N–H and O–H groups in total. The van der Waals surface area contributed by atoms with E-state index < -0.39 is 5.97 Å². The molecule has 1 aromatic heterocycles. The highest BCUT2D eigenvalue weighted by molar-refractivity contribution is 5.87. The summed E-state index contributed by atoms with van der Waals surface area (Å²) in [5, 5.41) is 8.70. The normalized spacial score (nSPS) is 10.1. The predicted molar refractivity (Wildman–Crippen MR) is 52.6 cm³/mol. The third kappa shape index (κ3) is 2.22. The number of aromatic carboxylic acids is 1. The number of nitrogens with one attached hydrogen (secondary N) is 1. The predicted octanol–water partition coefficient (Wildman–Crippen LogP) is 1.42. The molecule has 4 nitrogen and oxygen atoms in total. The van der Waals surface area contributed by atoms with E-state index in [4.69, 9.17) is 5.11 Å². The Morgan fingerprint density at radius 1 is 1.50 bits per heavy atom. The van der Waals surface area contributed by atoms with Gasteiger partial charge in [0.1, 0.15) is 5.56 Å². The molecule has 1 rings (SSSR count). The lowest BCUT2D eigenvalue weighted by molar-refractivity contribution is 0.0695. The zero-order chi connectivity index (χ0) is 10.6. The average Bonchev–Trinajstić information content (AvgIpc) is 2.16. The molecule has 0 radical (unpaired) electrons. The summed E-state index contributed by atoms with van der Waals surface area (Å²) in [5.74, 6) is -1.18. The number of pyridine rings is 1. The van der Waals surface area contributed by atoms with E-state index in [0.29, 0.717) is 12.0 Å². The third-order valence-corrected chi connectivity index (χ3v) is 2.05.